The number of hydrogen-bond acceptors (Lipinski definition) is 3. The molecule has 0 fully saturated rings. The van der Waals surface area contributed by atoms with Crippen molar-refractivity contribution in [2.24, 2.45) is 22.3 Å². The van der Waals surface area contributed by atoms with Gasteiger partial charge in [0, 0.05) is 0 Å². The third-order valence-electron chi connectivity index (χ3n) is 0.826. The predicted octanol–water partition coefficient (Wildman–Crippen LogP) is -2.64. The molecule has 0 aliphatic carbocycles. The second-order valence-corrected chi connectivity index (χ2v) is 1.76. The maximum absolute atomic E-state index is 8.45. The summed E-state index contributed by atoms with van der Waals surface area (Å²) in [6.07, 6.45) is 0. The Morgan fingerprint density at radius 2 is 2.00 bits per heavy atom. The van der Waals surface area contributed by atoms with E-state index in [4.69, 9.17) is 27.7 Å². The molecule has 0 saturated carbocycles. The number of guanidine groups is 2. The fourth-order valence-corrected chi connectivity index (χ4v) is 0.458. The van der Waals surface area contributed by atoms with Crippen LogP contribution >= 0.6 is 0 Å². The Balaban J connectivity index is 4.11. The summed E-state index contributed by atoms with van der Waals surface area (Å²) in [5.41, 5.74) is 15.1. The number of rotatable bonds is 3. The third kappa shape index (κ3) is 3.98. The van der Waals surface area contributed by atoms with E-state index in [1.54, 1.807) is 0 Å². The number of nitrogens with zero attached hydrogens (tertiary/aromatic N) is 2. The lowest BCUT2D eigenvalue weighted by atomic mass is 10.6. The maximum Gasteiger partial charge on any atom is 0.209 e. The minimum absolute atomic E-state index is 0.104. The van der Waals surface area contributed by atoms with Crippen molar-refractivity contribution < 1.29 is 5.11 Å². The zero-order valence-corrected chi connectivity index (χ0v) is 5.99. The average Bonchev–Trinajstić information content (AvgIpc) is 1.86. The van der Waals surface area contributed by atoms with E-state index in [2.05, 4.69) is 5.10 Å². The zero-order valence-electron chi connectivity index (χ0n) is 5.99. The molecule has 0 unspecified atom stereocenters. The van der Waals surface area contributed by atoms with Gasteiger partial charge in [0.15, 0.2) is 0 Å². The number of nitrogens with two attached hydrogens (primary N) is 3. The molecule has 0 aromatic rings. The van der Waals surface area contributed by atoms with Crippen molar-refractivity contribution in [3.8, 4) is 0 Å². The Hall–Kier alpha value is -1.50. The quantitative estimate of drug-likeness (QED) is 0.174. The monoisotopic (exact) mass is 160 g/mol. The second kappa shape index (κ2) is 4.34. The summed E-state index contributed by atoms with van der Waals surface area (Å²) in [5, 5.41) is 19.8. The Kier molecular flexibility index (Phi) is 3.75. The Labute approximate surface area is 64.0 Å². The van der Waals surface area contributed by atoms with E-state index in [0.29, 0.717) is 0 Å². The van der Waals surface area contributed by atoms with Gasteiger partial charge in [0.25, 0.3) is 0 Å². The van der Waals surface area contributed by atoms with Gasteiger partial charge in [0.1, 0.15) is 0 Å². The lowest BCUT2D eigenvalue weighted by Gasteiger charge is -2.14. The standard InChI is InChI=1S/C4H12N6O/c5-3(6)9-10(1-2-11)4(7)8/h11H,1-2H2,(H3,7,8)(H4,5,6,9). The molecule has 0 saturated heterocycles. The van der Waals surface area contributed by atoms with Crippen LogP contribution in [0.5, 0.6) is 0 Å². The highest BCUT2D eigenvalue weighted by atomic mass is 16.3. The van der Waals surface area contributed by atoms with Gasteiger partial charge in [-0.3, -0.25) is 5.41 Å². The SMILES string of the molecule is N=C(N)N(CCO)N=C(N)N. The summed E-state index contributed by atoms with van der Waals surface area (Å²) in [7, 11) is 0. The molecule has 0 amide bonds. The van der Waals surface area contributed by atoms with Gasteiger partial charge in [-0.15, -0.1) is 5.10 Å². The molecule has 0 rings (SSSR count). The van der Waals surface area contributed by atoms with E-state index >= 15 is 0 Å². The molecule has 0 aliphatic heterocycles. The van der Waals surface area contributed by atoms with Crippen molar-refractivity contribution >= 4 is 11.9 Å². The maximum atomic E-state index is 8.45. The van der Waals surface area contributed by atoms with E-state index < -0.39 is 0 Å². The lowest BCUT2D eigenvalue weighted by molar-refractivity contribution is 0.251. The smallest absolute Gasteiger partial charge is 0.209 e. The van der Waals surface area contributed by atoms with Gasteiger partial charge >= 0.3 is 0 Å². The highest BCUT2D eigenvalue weighted by Crippen LogP contribution is 1.84. The predicted molar refractivity (Wildman–Crippen MR) is 41.5 cm³/mol. The minimum atomic E-state index is -0.313. The van der Waals surface area contributed by atoms with E-state index in [1.807, 2.05) is 0 Å². The largest absolute Gasteiger partial charge is 0.394 e. The van der Waals surface area contributed by atoms with Crippen LogP contribution in [-0.2, 0) is 0 Å². The molecule has 64 valence electrons. The first-order valence-electron chi connectivity index (χ1n) is 2.90. The highest BCUT2D eigenvalue weighted by molar-refractivity contribution is 5.80. The van der Waals surface area contributed by atoms with Gasteiger partial charge in [0.2, 0.25) is 11.9 Å². The molecule has 0 aliphatic rings. The Morgan fingerprint density at radius 3 is 2.27 bits per heavy atom. The lowest BCUT2D eigenvalue weighted by Crippen LogP contribution is -2.38. The van der Waals surface area contributed by atoms with Crippen molar-refractivity contribution in [3.63, 3.8) is 0 Å². The summed E-state index contributed by atoms with van der Waals surface area (Å²) < 4.78 is 0. The van der Waals surface area contributed by atoms with Gasteiger partial charge in [-0.05, 0) is 0 Å². The molecule has 7 nitrogen and oxygen atoms in total. The van der Waals surface area contributed by atoms with Crippen molar-refractivity contribution in [2.75, 3.05) is 13.2 Å². The normalized spacial score (nSPS) is 8.82. The Morgan fingerprint density at radius 1 is 1.45 bits per heavy atom. The van der Waals surface area contributed by atoms with Crippen molar-refractivity contribution in [1.29, 1.82) is 5.41 Å². The molecule has 0 heterocycles. The number of aliphatic hydroxyl groups is 1. The van der Waals surface area contributed by atoms with Crippen molar-refractivity contribution in [1.82, 2.24) is 5.01 Å². The van der Waals surface area contributed by atoms with Gasteiger partial charge < -0.3 is 22.3 Å². The Bertz CT molecular complexity index is 162. The van der Waals surface area contributed by atoms with Crippen LogP contribution < -0.4 is 17.2 Å². The van der Waals surface area contributed by atoms with Crippen LogP contribution in [0.4, 0.5) is 0 Å². The second-order valence-electron chi connectivity index (χ2n) is 1.76. The summed E-state index contributed by atoms with van der Waals surface area (Å²) in [4.78, 5) is 0. The van der Waals surface area contributed by atoms with Gasteiger partial charge in [-0.25, -0.2) is 5.01 Å². The molecular formula is C4H12N6O. The van der Waals surface area contributed by atoms with Gasteiger partial charge in [0.05, 0.1) is 13.2 Å². The number of nitrogens with one attached hydrogen (secondary N) is 1. The first-order chi connectivity index (χ1) is 5.07. The summed E-state index contributed by atoms with van der Waals surface area (Å²) in [6.45, 7) is -0.0659. The van der Waals surface area contributed by atoms with E-state index in [1.165, 1.54) is 0 Å². The fraction of sp³-hybridized carbons (Fsp3) is 0.500. The molecule has 7 heteroatoms. The van der Waals surface area contributed by atoms with E-state index in [-0.39, 0.29) is 25.1 Å². The first-order valence-corrected chi connectivity index (χ1v) is 2.90. The van der Waals surface area contributed by atoms with Gasteiger partial charge in [-0.2, -0.15) is 0 Å². The van der Waals surface area contributed by atoms with Crippen LogP contribution in [0.1, 0.15) is 0 Å². The molecule has 0 radical (unpaired) electrons. The molecule has 8 N–H and O–H groups in total. The molecule has 0 spiro atoms. The fourth-order valence-electron chi connectivity index (χ4n) is 0.458. The molecule has 0 aromatic heterocycles. The van der Waals surface area contributed by atoms with E-state index in [9.17, 15) is 0 Å². The van der Waals surface area contributed by atoms with Crippen LogP contribution in [0.25, 0.3) is 0 Å². The topological polar surface area (TPSA) is 138 Å². The number of hydrazone groups is 1. The van der Waals surface area contributed by atoms with Crippen LogP contribution in [0.2, 0.25) is 0 Å². The summed E-state index contributed by atoms with van der Waals surface area (Å²) >= 11 is 0. The third-order valence-corrected chi connectivity index (χ3v) is 0.826. The minimum Gasteiger partial charge on any atom is -0.394 e. The van der Waals surface area contributed by atoms with Crippen LogP contribution in [-0.4, -0.2) is 35.2 Å². The molecular weight excluding hydrogens is 148 g/mol. The first kappa shape index (κ1) is 9.50. The van der Waals surface area contributed by atoms with Crippen molar-refractivity contribution in [2.45, 2.75) is 0 Å². The summed E-state index contributed by atoms with van der Waals surface area (Å²) in [6, 6.07) is 0. The average molecular weight is 160 g/mol. The molecule has 0 bridgehead atoms. The molecule has 0 aromatic carbocycles. The number of aliphatic hydroxyl groups excluding tert-OH is 1. The molecule has 11 heavy (non-hydrogen) atoms. The summed E-state index contributed by atoms with van der Waals surface area (Å²) in [5.74, 6) is -0.513. The van der Waals surface area contributed by atoms with E-state index in [0.717, 1.165) is 5.01 Å². The number of hydrogen-bond donors (Lipinski definition) is 5. The van der Waals surface area contributed by atoms with Crippen molar-refractivity contribution in [3.05, 3.63) is 0 Å². The molecule has 0 atom stereocenters. The highest BCUT2D eigenvalue weighted by Gasteiger charge is 2.02. The van der Waals surface area contributed by atoms with Crippen LogP contribution in [0, 0.1) is 5.41 Å². The van der Waals surface area contributed by atoms with Crippen LogP contribution in [0.3, 0.4) is 0 Å². The van der Waals surface area contributed by atoms with Crippen LogP contribution in [0.15, 0.2) is 5.10 Å². The zero-order chi connectivity index (χ0) is 8.85. The van der Waals surface area contributed by atoms with Gasteiger partial charge in [-0.1, -0.05) is 0 Å².